The lowest BCUT2D eigenvalue weighted by molar-refractivity contribution is -0.385. The van der Waals surface area contributed by atoms with Gasteiger partial charge in [-0.25, -0.2) is 4.39 Å². The molecule has 0 radical (unpaired) electrons. The van der Waals surface area contributed by atoms with E-state index in [2.05, 4.69) is 6.58 Å². The van der Waals surface area contributed by atoms with Crippen LogP contribution in [0.1, 0.15) is 11.1 Å². The first-order valence-corrected chi connectivity index (χ1v) is 8.76. The summed E-state index contributed by atoms with van der Waals surface area (Å²) in [6.07, 6.45) is 0. The maximum Gasteiger partial charge on any atom is 0.274 e. The molecule has 1 unspecified atom stereocenters. The molecule has 0 saturated carbocycles. The maximum atomic E-state index is 12.9. The number of nitro groups is 1. The Morgan fingerprint density at radius 1 is 1.23 bits per heavy atom. The highest BCUT2D eigenvalue weighted by molar-refractivity contribution is 6.56. The van der Waals surface area contributed by atoms with Crippen LogP contribution in [-0.4, -0.2) is 14.0 Å². The van der Waals surface area contributed by atoms with Gasteiger partial charge in [0.25, 0.3) is 5.69 Å². The second kappa shape index (κ2) is 7.63. The van der Waals surface area contributed by atoms with Crippen LogP contribution < -0.4 is 0 Å². The smallest absolute Gasteiger partial charge is 0.274 e. The number of para-hydroxylation sites is 1. The molecule has 0 spiro atoms. The van der Waals surface area contributed by atoms with Gasteiger partial charge in [-0.1, -0.05) is 30.0 Å². The molecular weight excluding hydrogens is 301 g/mol. The highest BCUT2D eigenvalue weighted by Crippen LogP contribution is 2.19. The predicted molar refractivity (Wildman–Crippen MR) is 85.3 cm³/mol. The molecule has 0 heterocycles. The van der Waals surface area contributed by atoms with E-state index in [0.717, 1.165) is 5.56 Å². The van der Waals surface area contributed by atoms with Gasteiger partial charge in [0.2, 0.25) is 9.04 Å². The molecule has 0 amide bonds. The molecule has 4 nitrogen and oxygen atoms in total. The zero-order valence-corrected chi connectivity index (χ0v) is 13.1. The van der Waals surface area contributed by atoms with Crippen molar-refractivity contribution in [3.63, 3.8) is 0 Å². The third-order valence-electron chi connectivity index (χ3n) is 3.25. The Bertz CT molecular complexity index is 661. The normalized spacial score (nSPS) is 11.9. The average molecular weight is 317 g/mol. The molecular formula is C16H16FNO3Si. The van der Waals surface area contributed by atoms with Gasteiger partial charge in [-0.3, -0.25) is 10.1 Å². The minimum absolute atomic E-state index is 0.0566. The zero-order valence-electron chi connectivity index (χ0n) is 11.9. The lowest BCUT2D eigenvalue weighted by Gasteiger charge is -2.13. The maximum absolute atomic E-state index is 12.9. The molecule has 0 N–H and O–H groups in total. The molecule has 2 aromatic rings. The Morgan fingerprint density at radius 3 is 2.55 bits per heavy atom. The van der Waals surface area contributed by atoms with Gasteiger partial charge in [0.05, 0.1) is 17.1 Å². The highest BCUT2D eigenvalue weighted by Gasteiger charge is 2.15. The molecule has 0 aliphatic rings. The summed E-state index contributed by atoms with van der Waals surface area (Å²) in [5, 5.41) is 11.0. The van der Waals surface area contributed by atoms with Crippen LogP contribution in [-0.2, 0) is 17.1 Å². The van der Waals surface area contributed by atoms with Crippen LogP contribution in [0.25, 0.3) is 0 Å². The number of hydrogen-bond donors (Lipinski definition) is 0. The van der Waals surface area contributed by atoms with Crippen molar-refractivity contribution in [2.24, 2.45) is 0 Å². The van der Waals surface area contributed by atoms with E-state index >= 15 is 0 Å². The van der Waals surface area contributed by atoms with Crippen LogP contribution in [0, 0.1) is 15.9 Å². The molecule has 6 heteroatoms. The summed E-state index contributed by atoms with van der Waals surface area (Å²) in [7, 11) is -1.76. The molecule has 114 valence electrons. The first kappa shape index (κ1) is 16.1. The summed E-state index contributed by atoms with van der Waals surface area (Å²) >= 11 is 0. The van der Waals surface area contributed by atoms with Gasteiger partial charge in [-0.15, -0.1) is 6.58 Å². The van der Waals surface area contributed by atoms with Crippen molar-refractivity contribution < 1.29 is 13.7 Å². The minimum Gasteiger partial charge on any atom is -0.411 e. The van der Waals surface area contributed by atoms with E-state index in [1.54, 1.807) is 36.0 Å². The molecule has 0 fully saturated rings. The summed E-state index contributed by atoms with van der Waals surface area (Å²) in [6, 6.07) is 13.4. The summed E-state index contributed by atoms with van der Waals surface area (Å²) < 4.78 is 18.7. The second-order valence-electron chi connectivity index (χ2n) is 4.80. The Morgan fingerprint density at radius 2 is 1.91 bits per heavy atom. The quantitative estimate of drug-likeness (QED) is 0.446. The van der Waals surface area contributed by atoms with E-state index < -0.39 is 14.0 Å². The van der Waals surface area contributed by atoms with Gasteiger partial charge >= 0.3 is 0 Å². The van der Waals surface area contributed by atoms with Gasteiger partial charge in [0.1, 0.15) is 5.82 Å². The number of benzene rings is 2. The van der Waals surface area contributed by atoms with Crippen molar-refractivity contribution in [3.8, 4) is 0 Å². The molecule has 0 aliphatic carbocycles. The van der Waals surface area contributed by atoms with Crippen molar-refractivity contribution in [2.45, 2.75) is 12.7 Å². The van der Waals surface area contributed by atoms with Gasteiger partial charge in [0.15, 0.2) is 0 Å². The fourth-order valence-electron chi connectivity index (χ4n) is 2.07. The summed E-state index contributed by atoms with van der Waals surface area (Å²) in [4.78, 5) is 10.6. The number of nitrogens with zero attached hydrogens (tertiary/aromatic N) is 1. The van der Waals surface area contributed by atoms with Crippen LogP contribution in [0.15, 0.2) is 60.8 Å². The number of rotatable bonds is 7. The monoisotopic (exact) mass is 317 g/mol. The average Bonchev–Trinajstić information content (AvgIpc) is 2.53. The summed E-state index contributed by atoms with van der Waals surface area (Å²) in [5.41, 5.74) is 3.35. The van der Waals surface area contributed by atoms with Crippen LogP contribution >= 0.6 is 0 Å². The Hall–Kier alpha value is -2.31. The van der Waals surface area contributed by atoms with Crippen LogP contribution in [0.4, 0.5) is 10.1 Å². The predicted octanol–water partition coefficient (Wildman–Crippen LogP) is 3.48. The highest BCUT2D eigenvalue weighted by atomic mass is 28.3. The lowest BCUT2D eigenvalue weighted by atomic mass is 10.2. The van der Waals surface area contributed by atoms with E-state index in [1.807, 2.05) is 0 Å². The zero-order chi connectivity index (χ0) is 15.9. The standard InChI is InChI=1S/C16H16FNO3Si/c1-2-22(12-13-7-9-15(17)10-8-13)21-11-14-5-3-4-6-16(14)18(19)20/h2-10,22H,1,11-12H2. The van der Waals surface area contributed by atoms with E-state index in [-0.39, 0.29) is 18.1 Å². The molecule has 1 atom stereocenters. The van der Waals surface area contributed by atoms with Gasteiger partial charge in [-0.05, 0) is 29.8 Å². The third-order valence-corrected chi connectivity index (χ3v) is 5.25. The molecule has 0 aliphatic heterocycles. The van der Waals surface area contributed by atoms with E-state index in [0.29, 0.717) is 11.6 Å². The van der Waals surface area contributed by atoms with Crippen molar-refractivity contribution in [1.82, 2.24) is 0 Å². The van der Waals surface area contributed by atoms with Crippen molar-refractivity contribution in [1.29, 1.82) is 0 Å². The van der Waals surface area contributed by atoms with Crippen molar-refractivity contribution in [3.05, 3.63) is 87.9 Å². The largest absolute Gasteiger partial charge is 0.411 e. The van der Waals surface area contributed by atoms with E-state index in [9.17, 15) is 14.5 Å². The lowest BCUT2D eigenvalue weighted by Crippen LogP contribution is -2.19. The van der Waals surface area contributed by atoms with Gasteiger partial charge < -0.3 is 4.43 Å². The number of hydrogen-bond acceptors (Lipinski definition) is 3. The molecule has 0 aromatic heterocycles. The van der Waals surface area contributed by atoms with E-state index in [1.165, 1.54) is 18.2 Å². The third kappa shape index (κ3) is 4.34. The van der Waals surface area contributed by atoms with Crippen molar-refractivity contribution >= 4 is 14.7 Å². The Balaban J connectivity index is 2.01. The number of nitro benzene ring substituents is 1. The van der Waals surface area contributed by atoms with Crippen molar-refractivity contribution in [2.75, 3.05) is 0 Å². The van der Waals surface area contributed by atoms with Gasteiger partial charge in [-0.2, -0.15) is 0 Å². The Kier molecular flexibility index (Phi) is 5.57. The minimum atomic E-state index is -1.76. The van der Waals surface area contributed by atoms with Gasteiger partial charge in [0, 0.05) is 6.07 Å². The number of halogens is 1. The fraction of sp³-hybridized carbons (Fsp3) is 0.125. The molecule has 0 saturated heterocycles. The van der Waals surface area contributed by atoms with Crippen LogP contribution in [0.5, 0.6) is 0 Å². The summed E-state index contributed by atoms with van der Waals surface area (Å²) in [5.74, 6) is -0.276. The first-order valence-electron chi connectivity index (χ1n) is 6.81. The van der Waals surface area contributed by atoms with E-state index in [4.69, 9.17) is 4.43 Å². The Labute approximate surface area is 129 Å². The second-order valence-corrected chi connectivity index (χ2v) is 7.09. The first-order chi connectivity index (χ1) is 10.6. The molecule has 2 rings (SSSR count). The fourth-order valence-corrected chi connectivity index (χ4v) is 3.62. The van der Waals surface area contributed by atoms with Crippen LogP contribution in [0.2, 0.25) is 0 Å². The molecule has 0 bridgehead atoms. The topological polar surface area (TPSA) is 52.4 Å². The molecule has 22 heavy (non-hydrogen) atoms. The summed E-state index contributed by atoms with van der Waals surface area (Å²) in [6.45, 7) is 3.96. The molecule has 2 aromatic carbocycles. The SMILES string of the molecule is C=C[SiH](Cc1ccc(F)cc1)OCc1ccccc1[N+](=O)[O-]. The van der Waals surface area contributed by atoms with Crippen LogP contribution in [0.3, 0.4) is 0 Å².